The Balaban J connectivity index is 2.83. The molecule has 0 radical (unpaired) electrons. The standard InChI is InChI=1S/C11H17NOS/c1-8(2)11-6-5-10(7-12-11)14(13)9(3)4/h5-9H,1-4H3. The third-order valence-electron chi connectivity index (χ3n) is 2.01. The second-order valence-corrected chi connectivity index (χ2v) is 5.93. The van der Waals surface area contributed by atoms with Crippen LogP contribution in [0.2, 0.25) is 0 Å². The van der Waals surface area contributed by atoms with Gasteiger partial charge in [-0.2, -0.15) is 0 Å². The lowest BCUT2D eigenvalue weighted by atomic mass is 10.1. The van der Waals surface area contributed by atoms with Crippen LogP contribution in [0.15, 0.2) is 23.2 Å². The van der Waals surface area contributed by atoms with Crippen molar-refractivity contribution in [2.75, 3.05) is 0 Å². The molecule has 0 fully saturated rings. The fourth-order valence-electron chi connectivity index (χ4n) is 1.12. The molecule has 0 aliphatic heterocycles. The Morgan fingerprint density at radius 2 is 1.86 bits per heavy atom. The van der Waals surface area contributed by atoms with E-state index in [1.165, 1.54) is 0 Å². The van der Waals surface area contributed by atoms with Crippen LogP contribution >= 0.6 is 0 Å². The monoisotopic (exact) mass is 211 g/mol. The van der Waals surface area contributed by atoms with Crippen LogP contribution in [-0.2, 0) is 11.2 Å². The van der Waals surface area contributed by atoms with Gasteiger partial charge in [-0.15, -0.1) is 0 Å². The van der Waals surface area contributed by atoms with Crippen molar-refractivity contribution >= 4 is 11.2 Å². The molecule has 1 rings (SSSR count). The Kier molecular flexibility index (Phi) is 3.96. The average molecular weight is 211 g/mol. The summed E-state index contributed by atoms with van der Waals surface area (Å²) in [6.45, 7) is 8.10. The van der Waals surface area contributed by atoms with E-state index in [2.05, 4.69) is 18.8 Å². The molecule has 0 spiro atoms. The minimum Gasteiger partial charge on any atom is -0.611 e. The van der Waals surface area contributed by atoms with E-state index < -0.39 is 11.2 Å². The summed E-state index contributed by atoms with van der Waals surface area (Å²) in [4.78, 5) is 5.11. The van der Waals surface area contributed by atoms with Crippen molar-refractivity contribution in [3.63, 3.8) is 0 Å². The Labute approximate surface area is 88.9 Å². The molecule has 0 bridgehead atoms. The van der Waals surface area contributed by atoms with Crippen molar-refractivity contribution < 1.29 is 4.55 Å². The summed E-state index contributed by atoms with van der Waals surface area (Å²) < 4.78 is 11.7. The number of nitrogens with zero attached hydrogens (tertiary/aromatic N) is 1. The summed E-state index contributed by atoms with van der Waals surface area (Å²) in [6.07, 6.45) is 1.73. The largest absolute Gasteiger partial charge is 0.611 e. The fraction of sp³-hybridized carbons (Fsp3) is 0.545. The second-order valence-electron chi connectivity index (χ2n) is 3.92. The molecule has 1 aromatic rings. The van der Waals surface area contributed by atoms with Crippen LogP contribution in [0.5, 0.6) is 0 Å². The van der Waals surface area contributed by atoms with Gasteiger partial charge in [0, 0.05) is 5.69 Å². The smallest absolute Gasteiger partial charge is 0.171 e. The highest BCUT2D eigenvalue weighted by Crippen LogP contribution is 2.17. The molecule has 1 atom stereocenters. The van der Waals surface area contributed by atoms with Crippen LogP contribution in [0.1, 0.15) is 39.3 Å². The van der Waals surface area contributed by atoms with Crippen LogP contribution < -0.4 is 0 Å². The number of pyridine rings is 1. The molecular weight excluding hydrogens is 194 g/mol. The summed E-state index contributed by atoms with van der Waals surface area (Å²) in [5, 5.41) is 0.154. The first-order valence-corrected chi connectivity index (χ1v) is 6.10. The Bertz CT molecular complexity index is 282. The van der Waals surface area contributed by atoms with Crippen molar-refractivity contribution in [2.45, 2.75) is 43.8 Å². The molecule has 0 saturated carbocycles. The van der Waals surface area contributed by atoms with E-state index in [4.69, 9.17) is 0 Å². The molecule has 0 amide bonds. The van der Waals surface area contributed by atoms with Crippen molar-refractivity contribution in [3.8, 4) is 0 Å². The number of hydrogen-bond donors (Lipinski definition) is 0. The third-order valence-corrected chi connectivity index (χ3v) is 3.57. The fourth-order valence-corrected chi connectivity index (χ4v) is 2.03. The summed E-state index contributed by atoms with van der Waals surface area (Å²) >= 11 is -0.919. The van der Waals surface area contributed by atoms with E-state index >= 15 is 0 Å². The van der Waals surface area contributed by atoms with Gasteiger partial charge in [0.1, 0.15) is 5.25 Å². The lowest BCUT2D eigenvalue weighted by molar-refractivity contribution is 0.585. The third kappa shape index (κ3) is 2.72. The van der Waals surface area contributed by atoms with Gasteiger partial charge >= 0.3 is 0 Å². The molecule has 78 valence electrons. The molecule has 1 aromatic heterocycles. The van der Waals surface area contributed by atoms with Crippen LogP contribution in [-0.4, -0.2) is 14.8 Å². The first-order valence-electron chi connectivity index (χ1n) is 4.89. The SMILES string of the molecule is CC(C)c1ccc([S+]([O-])C(C)C)cn1. The number of aromatic nitrogens is 1. The van der Waals surface area contributed by atoms with E-state index in [1.807, 2.05) is 26.0 Å². The number of rotatable bonds is 3. The van der Waals surface area contributed by atoms with Gasteiger partial charge in [0.2, 0.25) is 0 Å². The first-order chi connectivity index (χ1) is 6.52. The molecule has 0 aliphatic carbocycles. The van der Waals surface area contributed by atoms with Gasteiger partial charge in [-0.25, -0.2) is 0 Å². The van der Waals surface area contributed by atoms with Gasteiger partial charge in [0.15, 0.2) is 4.90 Å². The zero-order chi connectivity index (χ0) is 10.7. The summed E-state index contributed by atoms with van der Waals surface area (Å²) in [5.41, 5.74) is 1.05. The number of hydrogen-bond acceptors (Lipinski definition) is 2. The Morgan fingerprint density at radius 1 is 1.21 bits per heavy atom. The van der Waals surface area contributed by atoms with Crippen LogP contribution in [0.3, 0.4) is 0 Å². The van der Waals surface area contributed by atoms with E-state index in [9.17, 15) is 4.55 Å². The van der Waals surface area contributed by atoms with Crippen molar-refractivity contribution in [1.82, 2.24) is 4.98 Å². The van der Waals surface area contributed by atoms with Crippen LogP contribution in [0, 0.1) is 0 Å². The normalized spacial score (nSPS) is 13.6. The minimum atomic E-state index is -0.919. The maximum atomic E-state index is 11.7. The molecule has 0 saturated heterocycles. The highest BCUT2D eigenvalue weighted by atomic mass is 32.2. The van der Waals surface area contributed by atoms with Gasteiger partial charge in [-0.1, -0.05) is 13.8 Å². The predicted octanol–water partition coefficient (Wildman–Crippen LogP) is 2.72. The van der Waals surface area contributed by atoms with E-state index in [0.29, 0.717) is 5.92 Å². The highest BCUT2D eigenvalue weighted by molar-refractivity contribution is 7.92. The van der Waals surface area contributed by atoms with Gasteiger partial charge in [0.25, 0.3) is 0 Å². The van der Waals surface area contributed by atoms with E-state index in [0.717, 1.165) is 10.6 Å². The van der Waals surface area contributed by atoms with Crippen molar-refractivity contribution in [1.29, 1.82) is 0 Å². The molecule has 1 unspecified atom stereocenters. The molecular formula is C11H17NOS. The molecule has 14 heavy (non-hydrogen) atoms. The van der Waals surface area contributed by atoms with Gasteiger partial charge in [-0.05, 0) is 43.1 Å². The molecule has 0 aromatic carbocycles. The van der Waals surface area contributed by atoms with Crippen molar-refractivity contribution in [2.24, 2.45) is 0 Å². The average Bonchev–Trinajstić information content (AvgIpc) is 2.16. The van der Waals surface area contributed by atoms with Gasteiger partial charge in [0.05, 0.1) is 6.20 Å². The van der Waals surface area contributed by atoms with E-state index in [-0.39, 0.29) is 5.25 Å². The van der Waals surface area contributed by atoms with Crippen molar-refractivity contribution in [3.05, 3.63) is 24.0 Å². The Hall–Kier alpha value is -0.540. The second kappa shape index (κ2) is 4.80. The Morgan fingerprint density at radius 3 is 2.21 bits per heavy atom. The lowest BCUT2D eigenvalue weighted by Gasteiger charge is -2.14. The first kappa shape index (κ1) is 11.5. The molecule has 0 N–H and O–H groups in total. The summed E-state index contributed by atoms with van der Waals surface area (Å²) in [7, 11) is 0. The molecule has 3 heteroatoms. The summed E-state index contributed by atoms with van der Waals surface area (Å²) in [6, 6.07) is 3.87. The highest BCUT2D eigenvalue weighted by Gasteiger charge is 2.15. The summed E-state index contributed by atoms with van der Waals surface area (Å²) in [5.74, 6) is 0.427. The zero-order valence-electron chi connectivity index (χ0n) is 9.15. The molecule has 1 heterocycles. The molecule has 2 nitrogen and oxygen atoms in total. The predicted molar refractivity (Wildman–Crippen MR) is 59.9 cm³/mol. The maximum Gasteiger partial charge on any atom is 0.171 e. The lowest BCUT2D eigenvalue weighted by Crippen LogP contribution is -2.14. The quantitative estimate of drug-likeness (QED) is 0.721. The van der Waals surface area contributed by atoms with E-state index in [1.54, 1.807) is 6.20 Å². The van der Waals surface area contributed by atoms with Crippen LogP contribution in [0.4, 0.5) is 0 Å². The molecule has 0 aliphatic rings. The topological polar surface area (TPSA) is 36.0 Å². The van der Waals surface area contributed by atoms with Crippen LogP contribution in [0.25, 0.3) is 0 Å². The van der Waals surface area contributed by atoms with Gasteiger partial charge < -0.3 is 4.55 Å². The maximum absolute atomic E-state index is 11.7. The van der Waals surface area contributed by atoms with Gasteiger partial charge in [-0.3, -0.25) is 4.98 Å². The minimum absolute atomic E-state index is 0.154. The zero-order valence-corrected chi connectivity index (χ0v) is 9.97.